The molecule has 2 aromatic carbocycles. The van der Waals surface area contributed by atoms with Crippen LogP contribution in [0.25, 0.3) is 0 Å². The molecule has 1 spiro atoms. The van der Waals surface area contributed by atoms with Gasteiger partial charge in [0.25, 0.3) is 5.91 Å². The van der Waals surface area contributed by atoms with Gasteiger partial charge in [-0.05, 0) is 68.4 Å². The molecule has 5 nitrogen and oxygen atoms in total. The van der Waals surface area contributed by atoms with Crippen LogP contribution in [0.2, 0.25) is 0 Å². The number of hydrogen-bond donors (Lipinski definition) is 1. The zero-order chi connectivity index (χ0) is 22.7. The quantitative estimate of drug-likeness (QED) is 0.552. The molecule has 4 rings (SSSR count). The van der Waals surface area contributed by atoms with Crippen LogP contribution in [0.15, 0.2) is 54.6 Å². The zero-order valence-electron chi connectivity index (χ0n) is 18.8. The van der Waals surface area contributed by atoms with E-state index < -0.39 is 0 Å². The highest BCUT2D eigenvalue weighted by atomic mass is 32.1. The molecular weight excluding hydrogens is 418 g/mol. The third-order valence-corrected chi connectivity index (χ3v) is 7.39. The second-order valence-electron chi connectivity index (χ2n) is 9.18. The molecule has 2 aromatic rings. The number of likely N-dealkylation sites (tertiary alicyclic amines) is 2. The van der Waals surface area contributed by atoms with Gasteiger partial charge < -0.3 is 15.1 Å². The van der Waals surface area contributed by atoms with Gasteiger partial charge in [-0.2, -0.15) is 0 Å². The molecule has 1 N–H and O–H groups in total. The Morgan fingerprint density at radius 1 is 0.906 bits per heavy atom. The number of carbonyl (C=O) groups excluding carboxylic acids is 2. The van der Waals surface area contributed by atoms with E-state index in [9.17, 15) is 9.59 Å². The lowest BCUT2D eigenvalue weighted by atomic mass is 9.77. The van der Waals surface area contributed by atoms with Crippen molar-refractivity contribution in [2.75, 3.05) is 26.2 Å². The smallest absolute Gasteiger partial charge is 0.253 e. The van der Waals surface area contributed by atoms with E-state index in [1.165, 1.54) is 12.5 Å². The van der Waals surface area contributed by atoms with E-state index in [0.29, 0.717) is 11.1 Å². The number of benzene rings is 2. The van der Waals surface area contributed by atoms with Crippen molar-refractivity contribution in [1.29, 1.82) is 0 Å². The molecule has 168 valence electrons. The summed E-state index contributed by atoms with van der Waals surface area (Å²) in [4.78, 5) is 28.6. The molecule has 2 fully saturated rings. The van der Waals surface area contributed by atoms with E-state index in [0.717, 1.165) is 50.6 Å². The van der Waals surface area contributed by atoms with Crippen LogP contribution in [0.4, 0.5) is 0 Å². The highest BCUT2D eigenvalue weighted by Gasteiger charge is 2.42. The van der Waals surface area contributed by atoms with Crippen molar-refractivity contribution >= 4 is 29.0 Å². The molecule has 1 unspecified atom stereocenters. The Hall–Kier alpha value is -2.73. The molecule has 0 saturated carbocycles. The number of carbonyl (C=O) groups is 2. The summed E-state index contributed by atoms with van der Waals surface area (Å²) >= 11 is 5.73. The Bertz CT molecular complexity index is 982. The summed E-state index contributed by atoms with van der Waals surface area (Å²) in [5.41, 5.74) is 2.75. The highest BCUT2D eigenvalue weighted by molar-refractivity contribution is 7.80. The topological polar surface area (TPSA) is 52.7 Å². The maximum Gasteiger partial charge on any atom is 0.253 e. The number of amides is 1. The van der Waals surface area contributed by atoms with Crippen LogP contribution in [-0.2, 0) is 0 Å². The molecule has 2 saturated heterocycles. The number of rotatable bonds is 4. The van der Waals surface area contributed by atoms with Crippen LogP contribution in [-0.4, -0.2) is 52.8 Å². The van der Waals surface area contributed by atoms with Gasteiger partial charge in [0.1, 0.15) is 0 Å². The number of nitrogens with zero attached hydrogens (tertiary/aromatic N) is 2. The fourth-order valence-corrected chi connectivity index (χ4v) is 5.16. The van der Waals surface area contributed by atoms with Crippen molar-refractivity contribution in [3.8, 4) is 0 Å². The van der Waals surface area contributed by atoms with Gasteiger partial charge in [0.15, 0.2) is 10.9 Å². The zero-order valence-corrected chi connectivity index (χ0v) is 19.7. The van der Waals surface area contributed by atoms with Crippen LogP contribution in [0.1, 0.15) is 65.4 Å². The predicted molar refractivity (Wildman–Crippen MR) is 131 cm³/mol. The molecule has 0 aromatic heterocycles. The summed E-state index contributed by atoms with van der Waals surface area (Å²) in [7, 11) is 0. The van der Waals surface area contributed by atoms with Crippen molar-refractivity contribution in [3.05, 3.63) is 71.3 Å². The average molecular weight is 450 g/mol. The van der Waals surface area contributed by atoms with Crippen molar-refractivity contribution in [3.63, 3.8) is 0 Å². The molecular formula is C26H31N3O2S. The molecule has 0 radical (unpaired) electrons. The van der Waals surface area contributed by atoms with Crippen molar-refractivity contribution in [1.82, 2.24) is 15.1 Å². The van der Waals surface area contributed by atoms with Crippen LogP contribution in [0.3, 0.4) is 0 Å². The van der Waals surface area contributed by atoms with Gasteiger partial charge in [-0.1, -0.05) is 42.5 Å². The lowest BCUT2D eigenvalue weighted by Gasteiger charge is -2.39. The van der Waals surface area contributed by atoms with Gasteiger partial charge in [-0.3, -0.25) is 9.59 Å². The second kappa shape index (κ2) is 9.41. The molecule has 2 aliphatic rings. The van der Waals surface area contributed by atoms with E-state index in [2.05, 4.69) is 29.3 Å². The number of hydrogen-bond acceptors (Lipinski definition) is 3. The second-order valence-corrected chi connectivity index (χ2v) is 9.57. The van der Waals surface area contributed by atoms with Crippen LogP contribution >= 0.6 is 12.2 Å². The first-order valence-corrected chi connectivity index (χ1v) is 11.8. The van der Waals surface area contributed by atoms with Crippen LogP contribution in [0, 0.1) is 5.41 Å². The molecule has 2 aliphatic heterocycles. The summed E-state index contributed by atoms with van der Waals surface area (Å²) in [5, 5.41) is 4.31. The van der Waals surface area contributed by atoms with Gasteiger partial charge in [0.2, 0.25) is 0 Å². The first-order valence-electron chi connectivity index (χ1n) is 11.4. The number of ketones is 1. The van der Waals surface area contributed by atoms with Gasteiger partial charge in [-0.25, -0.2) is 0 Å². The molecule has 32 heavy (non-hydrogen) atoms. The lowest BCUT2D eigenvalue weighted by molar-refractivity contribution is 0.0598. The summed E-state index contributed by atoms with van der Waals surface area (Å²) < 4.78 is 0. The molecule has 1 atom stereocenters. The molecule has 1 amide bonds. The Morgan fingerprint density at radius 3 is 2.06 bits per heavy atom. The minimum atomic E-state index is 0.0141. The molecule has 0 aliphatic carbocycles. The third-order valence-electron chi connectivity index (χ3n) is 7.01. The SMILES string of the molecule is CC(=O)c1ccc(C(=O)N2CCC3(CC2)CCN(C(=S)NC(C)c2ccccc2)C3)cc1. The normalized spacial score (nSPS) is 18.4. The van der Waals surface area contributed by atoms with Crippen LogP contribution < -0.4 is 5.32 Å². The van der Waals surface area contributed by atoms with E-state index >= 15 is 0 Å². The maximum absolute atomic E-state index is 12.9. The van der Waals surface area contributed by atoms with Gasteiger partial charge in [-0.15, -0.1) is 0 Å². The van der Waals surface area contributed by atoms with E-state index in [4.69, 9.17) is 12.2 Å². The lowest BCUT2D eigenvalue weighted by Crippen LogP contribution is -2.46. The summed E-state index contributed by atoms with van der Waals surface area (Å²) in [6.07, 6.45) is 3.11. The van der Waals surface area contributed by atoms with Gasteiger partial charge in [0, 0.05) is 37.3 Å². The largest absolute Gasteiger partial charge is 0.356 e. The van der Waals surface area contributed by atoms with E-state index in [1.54, 1.807) is 24.3 Å². The highest BCUT2D eigenvalue weighted by Crippen LogP contribution is 2.40. The number of Topliss-reactive ketones (excluding diaryl/α,β-unsaturated/α-hetero) is 1. The summed E-state index contributed by atoms with van der Waals surface area (Å²) in [5.74, 6) is 0.0685. The van der Waals surface area contributed by atoms with Crippen molar-refractivity contribution < 1.29 is 9.59 Å². The van der Waals surface area contributed by atoms with Gasteiger partial charge >= 0.3 is 0 Å². The van der Waals surface area contributed by atoms with E-state index in [-0.39, 0.29) is 23.1 Å². The first kappa shape index (κ1) is 22.5. The maximum atomic E-state index is 12.9. The Balaban J connectivity index is 1.30. The number of nitrogens with one attached hydrogen (secondary N) is 1. The van der Waals surface area contributed by atoms with Gasteiger partial charge in [0.05, 0.1) is 6.04 Å². The molecule has 2 heterocycles. The van der Waals surface area contributed by atoms with Crippen molar-refractivity contribution in [2.45, 2.75) is 39.2 Å². The van der Waals surface area contributed by atoms with E-state index in [1.807, 2.05) is 23.1 Å². The summed E-state index contributed by atoms with van der Waals surface area (Å²) in [6, 6.07) is 17.5. The Morgan fingerprint density at radius 2 is 1.47 bits per heavy atom. The minimum absolute atomic E-state index is 0.0141. The summed E-state index contributed by atoms with van der Waals surface area (Å²) in [6.45, 7) is 7.13. The predicted octanol–water partition coefficient (Wildman–Crippen LogP) is 4.45. The minimum Gasteiger partial charge on any atom is -0.356 e. The van der Waals surface area contributed by atoms with Crippen molar-refractivity contribution in [2.24, 2.45) is 5.41 Å². The first-order chi connectivity index (χ1) is 15.4. The monoisotopic (exact) mass is 449 g/mol. The average Bonchev–Trinajstić information content (AvgIpc) is 3.23. The molecule has 6 heteroatoms. The fraction of sp³-hybridized carbons (Fsp3) is 0.423. The molecule has 0 bridgehead atoms. The fourth-order valence-electron chi connectivity index (χ4n) is 4.83. The number of thiocarbonyl (C=S) groups is 1. The Kier molecular flexibility index (Phi) is 6.60. The third kappa shape index (κ3) is 4.85. The Labute approximate surface area is 195 Å². The van der Waals surface area contributed by atoms with Crippen LogP contribution in [0.5, 0.6) is 0 Å². The standard InChI is InChI=1S/C26H31N3O2S/c1-19(21-6-4-3-5-7-21)27-25(32)29-17-14-26(18-29)12-15-28(16-13-26)24(31)23-10-8-22(9-11-23)20(2)30/h3-11,19H,12-18H2,1-2H3,(H,27,32). The number of piperidine rings is 1.